The summed E-state index contributed by atoms with van der Waals surface area (Å²) >= 11 is 0. The highest BCUT2D eigenvalue weighted by Gasteiger charge is 2.03. The summed E-state index contributed by atoms with van der Waals surface area (Å²) < 4.78 is 24.1. The Bertz CT molecular complexity index is 271. The molecule has 0 aromatic carbocycles. The lowest BCUT2D eigenvalue weighted by Crippen LogP contribution is -2.28. The fourth-order valence-electron chi connectivity index (χ4n) is 1.76. The predicted octanol–water partition coefficient (Wildman–Crippen LogP) is 2.73. The van der Waals surface area contributed by atoms with Crippen molar-refractivity contribution in [1.82, 2.24) is 4.90 Å². The van der Waals surface area contributed by atoms with Crippen LogP contribution in [0.25, 0.3) is 0 Å². The Labute approximate surface area is 107 Å². The van der Waals surface area contributed by atoms with Crippen LogP contribution in [0.15, 0.2) is 4.36 Å². The standard InChI is InChI=1S/C12H26N2O2S/c1-3-5-7-10-14(11-8-6-4-2)12-9-13-17(15)16/h3-12H2,1-2H3. The molecule has 0 aliphatic heterocycles. The fourth-order valence-corrected chi connectivity index (χ4v) is 1.99. The normalized spacial score (nSPS) is 10.8. The topological polar surface area (TPSA) is 49.7 Å². The molecule has 0 spiro atoms. The molecule has 0 N–H and O–H groups in total. The van der Waals surface area contributed by atoms with E-state index in [2.05, 4.69) is 23.1 Å². The largest absolute Gasteiger partial charge is 0.311 e. The van der Waals surface area contributed by atoms with E-state index in [4.69, 9.17) is 0 Å². The molecule has 0 fully saturated rings. The highest BCUT2D eigenvalue weighted by molar-refractivity contribution is 7.61. The number of rotatable bonds is 11. The summed E-state index contributed by atoms with van der Waals surface area (Å²) in [7, 11) is -2.25. The fraction of sp³-hybridized carbons (Fsp3) is 1.00. The number of unbranched alkanes of at least 4 members (excludes halogenated alkanes) is 4. The zero-order chi connectivity index (χ0) is 12.9. The van der Waals surface area contributed by atoms with Crippen molar-refractivity contribution in [1.29, 1.82) is 0 Å². The van der Waals surface area contributed by atoms with E-state index in [1.54, 1.807) is 0 Å². The molecule has 0 heterocycles. The minimum absolute atomic E-state index is 0.397. The van der Waals surface area contributed by atoms with Gasteiger partial charge in [-0.2, -0.15) is 12.8 Å². The lowest BCUT2D eigenvalue weighted by atomic mass is 10.2. The second kappa shape index (κ2) is 12.0. The summed E-state index contributed by atoms with van der Waals surface area (Å²) in [6, 6.07) is 0. The summed E-state index contributed by atoms with van der Waals surface area (Å²) in [5.41, 5.74) is 0. The van der Waals surface area contributed by atoms with Crippen molar-refractivity contribution in [3.05, 3.63) is 0 Å². The van der Waals surface area contributed by atoms with Crippen molar-refractivity contribution in [2.75, 3.05) is 26.2 Å². The molecule has 0 aromatic heterocycles. The van der Waals surface area contributed by atoms with Crippen molar-refractivity contribution in [3.8, 4) is 0 Å². The van der Waals surface area contributed by atoms with E-state index in [9.17, 15) is 8.42 Å². The van der Waals surface area contributed by atoms with Gasteiger partial charge in [-0.1, -0.05) is 39.5 Å². The first-order valence-electron chi connectivity index (χ1n) is 6.70. The smallest absolute Gasteiger partial charge is 0.301 e. The Hall–Kier alpha value is -0.420. The molecule has 0 amide bonds. The summed E-state index contributed by atoms with van der Waals surface area (Å²) in [4.78, 5) is 2.34. The Balaban J connectivity index is 3.87. The van der Waals surface area contributed by atoms with Crippen LogP contribution in [-0.4, -0.2) is 39.5 Å². The van der Waals surface area contributed by atoms with E-state index in [1.807, 2.05) is 0 Å². The van der Waals surface area contributed by atoms with Crippen molar-refractivity contribution >= 4 is 10.5 Å². The Morgan fingerprint density at radius 3 is 1.82 bits per heavy atom. The Kier molecular flexibility index (Phi) is 11.8. The zero-order valence-corrected chi connectivity index (χ0v) is 12.0. The molecule has 0 saturated heterocycles. The molecular formula is C12H26N2O2S. The zero-order valence-electron chi connectivity index (χ0n) is 11.2. The monoisotopic (exact) mass is 262 g/mol. The van der Waals surface area contributed by atoms with Crippen molar-refractivity contribution in [2.24, 2.45) is 4.36 Å². The van der Waals surface area contributed by atoms with Gasteiger partial charge in [0.05, 0.1) is 6.54 Å². The van der Waals surface area contributed by atoms with Gasteiger partial charge < -0.3 is 4.90 Å². The molecule has 0 bridgehead atoms. The van der Waals surface area contributed by atoms with Gasteiger partial charge in [0.15, 0.2) is 0 Å². The minimum atomic E-state index is -2.25. The maximum absolute atomic E-state index is 10.3. The van der Waals surface area contributed by atoms with Crippen LogP contribution < -0.4 is 0 Å². The second-order valence-corrected chi connectivity index (χ2v) is 5.02. The molecule has 0 aliphatic carbocycles. The van der Waals surface area contributed by atoms with Crippen LogP contribution in [-0.2, 0) is 10.5 Å². The molecule has 17 heavy (non-hydrogen) atoms. The molecule has 0 saturated carbocycles. The van der Waals surface area contributed by atoms with Crippen LogP contribution in [0.1, 0.15) is 52.4 Å². The summed E-state index contributed by atoms with van der Waals surface area (Å²) in [5.74, 6) is 0. The first-order valence-corrected chi connectivity index (χ1v) is 7.73. The summed E-state index contributed by atoms with van der Waals surface area (Å²) in [6.07, 6.45) is 7.32. The van der Waals surface area contributed by atoms with Crippen LogP contribution in [0.4, 0.5) is 0 Å². The molecule has 0 aliphatic rings. The molecule has 5 heteroatoms. The van der Waals surface area contributed by atoms with Crippen LogP contribution in [0.3, 0.4) is 0 Å². The van der Waals surface area contributed by atoms with Crippen molar-refractivity contribution in [2.45, 2.75) is 52.4 Å². The molecule has 0 unspecified atom stereocenters. The van der Waals surface area contributed by atoms with E-state index >= 15 is 0 Å². The molecule has 0 aromatic rings. The lowest BCUT2D eigenvalue weighted by Gasteiger charge is -2.20. The third-order valence-electron chi connectivity index (χ3n) is 2.77. The van der Waals surface area contributed by atoms with Gasteiger partial charge in [-0.15, -0.1) is 0 Å². The number of nitrogens with zero attached hydrogens (tertiary/aromatic N) is 2. The van der Waals surface area contributed by atoms with Gasteiger partial charge in [-0.25, -0.2) is 0 Å². The molecular weight excluding hydrogens is 236 g/mol. The van der Waals surface area contributed by atoms with E-state index in [1.165, 1.54) is 38.5 Å². The van der Waals surface area contributed by atoms with E-state index in [0.717, 1.165) is 19.6 Å². The van der Waals surface area contributed by atoms with Crippen molar-refractivity contribution < 1.29 is 8.42 Å². The molecule has 4 nitrogen and oxygen atoms in total. The van der Waals surface area contributed by atoms with Gasteiger partial charge in [-0.05, 0) is 25.9 Å². The van der Waals surface area contributed by atoms with Crippen LogP contribution in [0, 0.1) is 0 Å². The maximum Gasteiger partial charge on any atom is 0.311 e. The van der Waals surface area contributed by atoms with Crippen LogP contribution in [0.5, 0.6) is 0 Å². The van der Waals surface area contributed by atoms with Gasteiger partial charge in [-0.3, -0.25) is 0 Å². The third-order valence-corrected chi connectivity index (χ3v) is 3.16. The summed E-state index contributed by atoms with van der Waals surface area (Å²) in [5, 5.41) is 0. The number of hydrogen-bond acceptors (Lipinski definition) is 4. The van der Waals surface area contributed by atoms with Crippen LogP contribution in [0.2, 0.25) is 0 Å². The average molecular weight is 262 g/mol. The van der Waals surface area contributed by atoms with E-state index in [-0.39, 0.29) is 0 Å². The molecule has 0 rings (SSSR count). The highest BCUT2D eigenvalue weighted by Crippen LogP contribution is 2.02. The first kappa shape index (κ1) is 16.6. The summed E-state index contributed by atoms with van der Waals surface area (Å²) in [6.45, 7) is 7.68. The third kappa shape index (κ3) is 11.8. The van der Waals surface area contributed by atoms with Gasteiger partial charge in [0.1, 0.15) is 0 Å². The van der Waals surface area contributed by atoms with Crippen molar-refractivity contribution in [3.63, 3.8) is 0 Å². The van der Waals surface area contributed by atoms with Gasteiger partial charge in [0, 0.05) is 6.54 Å². The predicted molar refractivity (Wildman–Crippen MR) is 71.7 cm³/mol. The number of hydrogen-bond donors (Lipinski definition) is 0. The second-order valence-electron chi connectivity index (χ2n) is 4.33. The average Bonchev–Trinajstić information content (AvgIpc) is 2.28. The van der Waals surface area contributed by atoms with E-state index in [0.29, 0.717) is 6.54 Å². The Morgan fingerprint density at radius 2 is 1.41 bits per heavy atom. The van der Waals surface area contributed by atoms with Gasteiger partial charge in [0.2, 0.25) is 0 Å². The lowest BCUT2D eigenvalue weighted by molar-refractivity contribution is 0.269. The first-order chi connectivity index (χ1) is 8.20. The van der Waals surface area contributed by atoms with E-state index < -0.39 is 10.5 Å². The molecule has 102 valence electrons. The quantitative estimate of drug-likeness (QED) is 0.538. The highest BCUT2D eigenvalue weighted by atomic mass is 32.2. The maximum atomic E-state index is 10.3. The minimum Gasteiger partial charge on any atom is -0.301 e. The van der Waals surface area contributed by atoms with Gasteiger partial charge in [0.25, 0.3) is 0 Å². The van der Waals surface area contributed by atoms with Gasteiger partial charge >= 0.3 is 10.5 Å². The SMILES string of the molecule is CCCCCN(CCCCC)CCN=S(=O)=O. The Morgan fingerprint density at radius 1 is 0.882 bits per heavy atom. The molecule has 0 radical (unpaired) electrons. The molecule has 0 atom stereocenters. The van der Waals surface area contributed by atoms with Crippen LogP contribution >= 0.6 is 0 Å².